The second kappa shape index (κ2) is 7.05. The highest BCUT2D eigenvalue weighted by atomic mass is 16.2. The largest absolute Gasteiger partial charge is 0.342 e. The Kier molecular flexibility index (Phi) is 5.70. The highest BCUT2D eigenvalue weighted by Gasteiger charge is 2.18. The molecule has 0 aliphatic carbocycles. The van der Waals surface area contributed by atoms with Crippen molar-refractivity contribution >= 4 is 17.5 Å². The fourth-order valence-corrected chi connectivity index (χ4v) is 1.67. The Bertz CT molecular complexity index is 486. The average Bonchev–Trinajstić information content (AvgIpc) is 2.39. The molecule has 20 heavy (non-hydrogen) atoms. The second-order valence-electron chi connectivity index (χ2n) is 5.29. The average molecular weight is 277 g/mol. The Morgan fingerprint density at radius 1 is 1.30 bits per heavy atom. The molecule has 110 valence electrons. The van der Waals surface area contributed by atoms with Gasteiger partial charge in [0, 0.05) is 26.2 Å². The Morgan fingerprint density at radius 3 is 2.45 bits per heavy atom. The van der Waals surface area contributed by atoms with E-state index in [4.69, 9.17) is 5.73 Å². The van der Waals surface area contributed by atoms with Gasteiger partial charge in [0.1, 0.15) is 0 Å². The SMILES string of the molecule is CC(=O)N(C)Cc1ccccc1NC(=O)[C@H](N)C(C)C. The van der Waals surface area contributed by atoms with Gasteiger partial charge in [-0.2, -0.15) is 0 Å². The molecule has 0 aliphatic rings. The van der Waals surface area contributed by atoms with Crippen LogP contribution < -0.4 is 11.1 Å². The van der Waals surface area contributed by atoms with E-state index >= 15 is 0 Å². The van der Waals surface area contributed by atoms with Gasteiger partial charge < -0.3 is 16.0 Å². The number of carbonyl (C=O) groups is 2. The van der Waals surface area contributed by atoms with Crippen molar-refractivity contribution in [3.8, 4) is 0 Å². The Balaban J connectivity index is 2.85. The second-order valence-corrected chi connectivity index (χ2v) is 5.29. The summed E-state index contributed by atoms with van der Waals surface area (Å²) in [7, 11) is 1.72. The monoisotopic (exact) mass is 277 g/mol. The first-order valence-corrected chi connectivity index (χ1v) is 6.69. The van der Waals surface area contributed by atoms with Crippen molar-refractivity contribution in [2.24, 2.45) is 11.7 Å². The molecular formula is C15H23N3O2. The van der Waals surface area contributed by atoms with Gasteiger partial charge in [0.25, 0.3) is 0 Å². The summed E-state index contributed by atoms with van der Waals surface area (Å²) in [5, 5.41) is 2.83. The summed E-state index contributed by atoms with van der Waals surface area (Å²) < 4.78 is 0. The van der Waals surface area contributed by atoms with Crippen molar-refractivity contribution < 1.29 is 9.59 Å². The number of hydrogen-bond acceptors (Lipinski definition) is 3. The maximum Gasteiger partial charge on any atom is 0.241 e. The summed E-state index contributed by atoms with van der Waals surface area (Å²) in [5.74, 6) is -0.162. The molecule has 0 spiro atoms. The van der Waals surface area contributed by atoms with E-state index in [2.05, 4.69) is 5.32 Å². The lowest BCUT2D eigenvalue weighted by molar-refractivity contribution is -0.128. The zero-order valence-corrected chi connectivity index (χ0v) is 12.5. The smallest absolute Gasteiger partial charge is 0.241 e. The number of nitrogens with two attached hydrogens (primary N) is 1. The highest BCUT2D eigenvalue weighted by Crippen LogP contribution is 2.17. The van der Waals surface area contributed by atoms with Crippen molar-refractivity contribution in [1.82, 2.24) is 4.90 Å². The van der Waals surface area contributed by atoms with Gasteiger partial charge in [0.2, 0.25) is 11.8 Å². The maximum absolute atomic E-state index is 12.0. The summed E-state index contributed by atoms with van der Waals surface area (Å²) in [6.07, 6.45) is 0. The summed E-state index contributed by atoms with van der Waals surface area (Å²) >= 11 is 0. The third-order valence-corrected chi connectivity index (χ3v) is 3.24. The number of anilines is 1. The number of nitrogens with zero attached hydrogens (tertiary/aromatic N) is 1. The number of para-hydroxylation sites is 1. The van der Waals surface area contributed by atoms with Crippen LogP contribution in [-0.2, 0) is 16.1 Å². The van der Waals surface area contributed by atoms with Crippen molar-refractivity contribution in [3.05, 3.63) is 29.8 Å². The topological polar surface area (TPSA) is 75.4 Å². The molecule has 3 N–H and O–H groups in total. The normalized spacial score (nSPS) is 12.1. The lowest BCUT2D eigenvalue weighted by atomic mass is 10.0. The van der Waals surface area contributed by atoms with Crippen LogP contribution in [0.1, 0.15) is 26.3 Å². The molecule has 0 fully saturated rings. The van der Waals surface area contributed by atoms with Crippen LogP contribution in [0, 0.1) is 5.92 Å². The van der Waals surface area contributed by atoms with Crippen LogP contribution in [0.15, 0.2) is 24.3 Å². The number of amides is 2. The van der Waals surface area contributed by atoms with Gasteiger partial charge >= 0.3 is 0 Å². The fraction of sp³-hybridized carbons (Fsp3) is 0.467. The van der Waals surface area contributed by atoms with Crippen molar-refractivity contribution in [3.63, 3.8) is 0 Å². The van der Waals surface area contributed by atoms with Gasteiger partial charge in [-0.3, -0.25) is 9.59 Å². The number of hydrogen-bond donors (Lipinski definition) is 2. The minimum Gasteiger partial charge on any atom is -0.342 e. The van der Waals surface area contributed by atoms with E-state index in [0.29, 0.717) is 12.2 Å². The third-order valence-electron chi connectivity index (χ3n) is 3.24. The molecule has 5 nitrogen and oxygen atoms in total. The Morgan fingerprint density at radius 2 is 1.90 bits per heavy atom. The van der Waals surface area contributed by atoms with Gasteiger partial charge in [-0.05, 0) is 17.5 Å². The van der Waals surface area contributed by atoms with E-state index in [0.717, 1.165) is 5.56 Å². The van der Waals surface area contributed by atoms with Crippen molar-refractivity contribution in [1.29, 1.82) is 0 Å². The Labute approximate surface area is 120 Å². The van der Waals surface area contributed by atoms with E-state index in [9.17, 15) is 9.59 Å². The highest BCUT2D eigenvalue weighted by molar-refractivity contribution is 5.95. The van der Waals surface area contributed by atoms with Gasteiger partial charge in [-0.25, -0.2) is 0 Å². The maximum atomic E-state index is 12.0. The molecule has 1 rings (SSSR count). The molecule has 1 aromatic carbocycles. The lowest BCUT2D eigenvalue weighted by Gasteiger charge is -2.20. The van der Waals surface area contributed by atoms with Crippen LogP contribution in [-0.4, -0.2) is 29.8 Å². The van der Waals surface area contributed by atoms with E-state index < -0.39 is 6.04 Å². The van der Waals surface area contributed by atoms with Crippen molar-refractivity contribution in [2.45, 2.75) is 33.4 Å². The van der Waals surface area contributed by atoms with Crippen LogP contribution in [0.25, 0.3) is 0 Å². The predicted molar refractivity (Wildman–Crippen MR) is 80.0 cm³/mol. The molecule has 5 heteroatoms. The predicted octanol–water partition coefficient (Wildman–Crippen LogP) is 1.59. The molecular weight excluding hydrogens is 254 g/mol. The number of benzene rings is 1. The van der Waals surface area contributed by atoms with Gasteiger partial charge in [-0.15, -0.1) is 0 Å². The minimum absolute atomic E-state index is 0.0231. The van der Waals surface area contributed by atoms with E-state index in [1.165, 1.54) is 6.92 Å². The van der Waals surface area contributed by atoms with E-state index in [1.54, 1.807) is 11.9 Å². The quantitative estimate of drug-likeness (QED) is 0.858. The van der Waals surface area contributed by atoms with Crippen LogP contribution in [0.5, 0.6) is 0 Å². The molecule has 1 atom stereocenters. The summed E-state index contributed by atoms with van der Waals surface area (Å²) in [6.45, 7) is 5.76. The van der Waals surface area contributed by atoms with Gasteiger partial charge in [-0.1, -0.05) is 32.0 Å². The number of nitrogens with one attached hydrogen (secondary N) is 1. The van der Waals surface area contributed by atoms with Crippen LogP contribution >= 0.6 is 0 Å². The van der Waals surface area contributed by atoms with Crippen LogP contribution in [0.3, 0.4) is 0 Å². The third kappa shape index (κ3) is 4.35. The molecule has 0 saturated carbocycles. The molecule has 0 heterocycles. The molecule has 0 aliphatic heterocycles. The molecule has 0 radical (unpaired) electrons. The standard InChI is InChI=1S/C15H23N3O2/c1-10(2)14(16)15(20)17-13-8-6-5-7-12(13)9-18(4)11(3)19/h5-8,10,14H,9,16H2,1-4H3,(H,17,20)/t14-/m1/s1. The molecule has 0 unspecified atom stereocenters. The summed E-state index contributed by atoms with van der Waals surface area (Å²) in [5.41, 5.74) is 7.41. The summed E-state index contributed by atoms with van der Waals surface area (Å²) in [4.78, 5) is 24.9. The summed E-state index contributed by atoms with van der Waals surface area (Å²) in [6, 6.07) is 6.87. The molecule has 2 amide bonds. The first-order valence-electron chi connectivity index (χ1n) is 6.69. The molecule has 0 aromatic heterocycles. The van der Waals surface area contributed by atoms with Crippen LogP contribution in [0.4, 0.5) is 5.69 Å². The minimum atomic E-state index is -0.548. The molecule has 0 saturated heterocycles. The molecule has 0 bridgehead atoms. The van der Waals surface area contributed by atoms with Gasteiger partial charge in [0.05, 0.1) is 6.04 Å². The van der Waals surface area contributed by atoms with E-state index in [1.807, 2.05) is 38.1 Å². The zero-order valence-electron chi connectivity index (χ0n) is 12.5. The Hall–Kier alpha value is -1.88. The first kappa shape index (κ1) is 16.2. The van der Waals surface area contributed by atoms with E-state index in [-0.39, 0.29) is 17.7 Å². The number of rotatable bonds is 5. The lowest BCUT2D eigenvalue weighted by Crippen LogP contribution is -2.40. The fourth-order valence-electron chi connectivity index (χ4n) is 1.67. The number of carbonyl (C=O) groups excluding carboxylic acids is 2. The van der Waals surface area contributed by atoms with Crippen LogP contribution in [0.2, 0.25) is 0 Å². The molecule has 1 aromatic rings. The first-order chi connectivity index (χ1) is 9.32. The zero-order chi connectivity index (χ0) is 15.3. The van der Waals surface area contributed by atoms with Gasteiger partial charge in [0.15, 0.2) is 0 Å². The van der Waals surface area contributed by atoms with Crippen molar-refractivity contribution in [2.75, 3.05) is 12.4 Å².